The third kappa shape index (κ3) is 4.17. The minimum absolute atomic E-state index is 0.0401. The predicted octanol–water partition coefficient (Wildman–Crippen LogP) is 5.98. The molecule has 5 rings (SSSR count). The third-order valence-electron chi connectivity index (χ3n) is 6.21. The molecule has 162 valence electrons. The number of aryl methyl sites for hydroxylation is 1. The number of amides is 2. The molecule has 1 aliphatic heterocycles. The fraction of sp³-hybridized carbons (Fsp3) is 0.259. The first-order valence-corrected chi connectivity index (χ1v) is 12.0. The van der Waals surface area contributed by atoms with Gasteiger partial charge in [0.25, 0.3) is 11.8 Å². The summed E-state index contributed by atoms with van der Waals surface area (Å²) in [6.07, 6.45) is 4.42. The van der Waals surface area contributed by atoms with Crippen molar-refractivity contribution < 1.29 is 9.59 Å². The first-order chi connectivity index (χ1) is 15.6. The minimum Gasteiger partial charge on any atom is -0.349 e. The predicted molar refractivity (Wildman–Crippen MR) is 128 cm³/mol. The number of nitrogens with zero attached hydrogens (tertiary/aromatic N) is 1. The van der Waals surface area contributed by atoms with Gasteiger partial charge >= 0.3 is 0 Å². The number of carbonyl (C=O) groups excluding carboxylic acids is 2. The minimum atomic E-state index is -0.0607. The lowest BCUT2D eigenvalue weighted by atomic mass is 10.1. The van der Waals surface area contributed by atoms with Crippen LogP contribution in [-0.2, 0) is 6.54 Å². The zero-order valence-electron chi connectivity index (χ0n) is 18.1. The third-order valence-corrected chi connectivity index (χ3v) is 7.35. The van der Waals surface area contributed by atoms with Gasteiger partial charge in [-0.15, -0.1) is 0 Å². The van der Waals surface area contributed by atoms with Crippen molar-refractivity contribution in [1.82, 2.24) is 5.32 Å². The fourth-order valence-corrected chi connectivity index (χ4v) is 5.61. The topological polar surface area (TPSA) is 49.4 Å². The molecule has 0 saturated heterocycles. The molecular formula is C27H26N2O2S. The molecule has 0 atom stereocenters. The Balaban J connectivity index is 1.55. The number of nitrogens with one attached hydrogen (secondary N) is 1. The van der Waals surface area contributed by atoms with Gasteiger partial charge in [0, 0.05) is 21.4 Å². The van der Waals surface area contributed by atoms with Gasteiger partial charge in [-0.25, -0.2) is 0 Å². The van der Waals surface area contributed by atoms with E-state index in [2.05, 4.69) is 24.4 Å². The summed E-state index contributed by atoms with van der Waals surface area (Å²) in [5.41, 5.74) is 4.30. The van der Waals surface area contributed by atoms with Crippen molar-refractivity contribution in [2.45, 2.75) is 55.0 Å². The van der Waals surface area contributed by atoms with Gasteiger partial charge in [0.05, 0.1) is 17.8 Å². The second kappa shape index (κ2) is 8.83. The summed E-state index contributed by atoms with van der Waals surface area (Å²) in [5, 5.41) is 3.17. The van der Waals surface area contributed by atoms with Crippen LogP contribution < -0.4 is 10.2 Å². The van der Waals surface area contributed by atoms with E-state index >= 15 is 0 Å². The van der Waals surface area contributed by atoms with E-state index in [0.717, 1.165) is 39.4 Å². The largest absolute Gasteiger partial charge is 0.349 e. The standard InChI is InChI=1S/C27H26N2O2S/c1-18-7-6-8-19(15-18)17-29-23-16-20(26(30)28-21-9-2-3-10-21)13-14-25(23)32-24-12-5-4-11-22(24)27(29)31/h4-8,11-16,21H,2-3,9-10,17H2,1H3,(H,28,30). The molecule has 0 spiro atoms. The Bertz CT molecular complexity index is 1180. The second-order valence-electron chi connectivity index (χ2n) is 8.62. The molecule has 2 amide bonds. The van der Waals surface area contributed by atoms with Gasteiger partial charge in [0.15, 0.2) is 0 Å². The van der Waals surface area contributed by atoms with Gasteiger partial charge in [0.1, 0.15) is 0 Å². The van der Waals surface area contributed by atoms with Gasteiger partial charge in [-0.1, -0.05) is 66.6 Å². The zero-order chi connectivity index (χ0) is 22.1. The van der Waals surface area contributed by atoms with Gasteiger partial charge in [-0.2, -0.15) is 0 Å². The molecule has 0 unspecified atom stereocenters. The Kier molecular flexibility index (Phi) is 5.75. The highest BCUT2D eigenvalue weighted by atomic mass is 32.2. The molecule has 1 aliphatic carbocycles. The molecule has 1 heterocycles. The zero-order valence-corrected chi connectivity index (χ0v) is 19.0. The monoisotopic (exact) mass is 442 g/mol. The van der Waals surface area contributed by atoms with Gasteiger partial charge in [-0.05, 0) is 55.7 Å². The maximum atomic E-state index is 13.7. The smallest absolute Gasteiger partial charge is 0.259 e. The van der Waals surface area contributed by atoms with E-state index in [1.165, 1.54) is 12.8 Å². The first-order valence-electron chi connectivity index (χ1n) is 11.2. The Labute approximate surface area is 193 Å². The summed E-state index contributed by atoms with van der Waals surface area (Å²) >= 11 is 1.58. The molecule has 32 heavy (non-hydrogen) atoms. The summed E-state index contributed by atoms with van der Waals surface area (Å²) in [4.78, 5) is 30.4. The molecule has 4 nitrogen and oxygen atoms in total. The normalized spacial score (nSPS) is 15.8. The van der Waals surface area contributed by atoms with Crippen molar-refractivity contribution in [3.8, 4) is 0 Å². The molecular weight excluding hydrogens is 416 g/mol. The van der Waals surface area contributed by atoms with Crippen LogP contribution >= 0.6 is 11.8 Å². The van der Waals surface area contributed by atoms with Crippen LogP contribution in [0.4, 0.5) is 5.69 Å². The number of carbonyl (C=O) groups is 2. The summed E-state index contributed by atoms with van der Waals surface area (Å²) < 4.78 is 0. The maximum absolute atomic E-state index is 13.7. The lowest BCUT2D eigenvalue weighted by molar-refractivity contribution is 0.0935. The average molecular weight is 443 g/mol. The van der Waals surface area contributed by atoms with Crippen LogP contribution in [0, 0.1) is 6.92 Å². The van der Waals surface area contributed by atoms with Crippen molar-refractivity contribution in [2.75, 3.05) is 4.90 Å². The fourth-order valence-electron chi connectivity index (χ4n) is 4.55. The Hall–Kier alpha value is -3.05. The van der Waals surface area contributed by atoms with Gasteiger partial charge < -0.3 is 10.2 Å². The van der Waals surface area contributed by atoms with Crippen LogP contribution in [0.25, 0.3) is 0 Å². The van der Waals surface area contributed by atoms with Crippen molar-refractivity contribution >= 4 is 29.3 Å². The van der Waals surface area contributed by atoms with Crippen LogP contribution in [0.5, 0.6) is 0 Å². The van der Waals surface area contributed by atoms with E-state index in [4.69, 9.17) is 0 Å². The number of benzene rings is 3. The van der Waals surface area contributed by atoms with E-state index in [1.54, 1.807) is 11.8 Å². The lowest BCUT2D eigenvalue weighted by Crippen LogP contribution is -2.33. The summed E-state index contributed by atoms with van der Waals surface area (Å²) in [7, 11) is 0. The molecule has 2 aliphatic rings. The molecule has 0 radical (unpaired) electrons. The van der Waals surface area contributed by atoms with E-state index < -0.39 is 0 Å². The van der Waals surface area contributed by atoms with Gasteiger partial charge in [0.2, 0.25) is 0 Å². The first kappa shape index (κ1) is 20.8. The molecule has 1 fully saturated rings. The molecule has 1 saturated carbocycles. The number of anilines is 1. The summed E-state index contributed by atoms with van der Waals surface area (Å²) in [6, 6.07) is 21.9. The van der Waals surface area contributed by atoms with Crippen molar-refractivity contribution in [3.05, 3.63) is 89.0 Å². The highest BCUT2D eigenvalue weighted by Gasteiger charge is 2.28. The van der Waals surface area contributed by atoms with Crippen molar-refractivity contribution in [3.63, 3.8) is 0 Å². The molecule has 0 bridgehead atoms. The van der Waals surface area contributed by atoms with Crippen molar-refractivity contribution in [1.29, 1.82) is 0 Å². The number of fused-ring (bicyclic) bond motifs is 2. The molecule has 3 aromatic carbocycles. The highest BCUT2D eigenvalue weighted by Crippen LogP contribution is 2.42. The Morgan fingerprint density at radius 3 is 2.62 bits per heavy atom. The summed E-state index contributed by atoms with van der Waals surface area (Å²) in [5.74, 6) is -0.101. The van der Waals surface area contributed by atoms with E-state index in [-0.39, 0.29) is 17.9 Å². The Morgan fingerprint density at radius 2 is 1.81 bits per heavy atom. The summed E-state index contributed by atoms with van der Waals surface area (Å²) in [6.45, 7) is 2.51. The quantitative estimate of drug-likeness (QED) is 0.541. The molecule has 3 aromatic rings. The van der Waals surface area contributed by atoms with Crippen LogP contribution in [0.1, 0.15) is 57.5 Å². The lowest BCUT2D eigenvalue weighted by Gasteiger charge is -2.24. The highest BCUT2D eigenvalue weighted by molar-refractivity contribution is 7.99. The number of rotatable bonds is 4. The maximum Gasteiger partial charge on any atom is 0.259 e. The van der Waals surface area contributed by atoms with Gasteiger partial charge in [-0.3, -0.25) is 9.59 Å². The van der Waals surface area contributed by atoms with Crippen LogP contribution in [0.15, 0.2) is 76.5 Å². The van der Waals surface area contributed by atoms with Crippen LogP contribution in [0.2, 0.25) is 0 Å². The molecule has 5 heteroatoms. The Morgan fingerprint density at radius 1 is 1.00 bits per heavy atom. The van der Waals surface area contributed by atoms with Crippen LogP contribution in [0.3, 0.4) is 0 Å². The van der Waals surface area contributed by atoms with E-state index in [1.807, 2.05) is 59.5 Å². The van der Waals surface area contributed by atoms with E-state index in [0.29, 0.717) is 17.7 Å². The van der Waals surface area contributed by atoms with E-state index in [9.17, 15) is 9.59 Å². The van der Waals surface area contributed by atoms with Crippen molar-refractivity contribution in [2.24, 2.45) is 0 Å². The SMILES string of the molecule is Cc1cccc(CN2C(=O)c3ccccc3Sc3ccc(C(=O)NC4CCCC4)cc32)c1. The molecule has 1 N–H and O–H groups in total. The number of hydrogen-bond donors (Lipinski definition) is 1. The average Bonchev–Trinajstić information content (AvgIpc) is 3.27. The molecule has 0 aromatic heterocycles. The second-order valence-corrected chi connectivity index (χ2v) is 9.70. The van der Waals surface area contributed by atoms with Crippen LogP contribution in [-0.4, -0.2) is 17.9 Å². The number of hydrogen-bond acceptors (Lipinski definition) is 3.